The van der Waals surface area contributed by atoms with Crippen LogP contribution in [0.1, 0.15) is 4.88 Å². The van der Waals surface area contributed by atoms with E-state index in [0.29, 0.717) is 5.82 Å². The molecule has 0 unspecified atom stereocenters. The summed E-state index contributed by atoms with van der Waals surface area (Å²) in [5, 5.41) is 3.72. The first-order chi connectivity index (χ1) is 8.74. The van der Waals surface area contributed by atoms with Crippen LogP contribution in [-0.2, 0) is 0 Å². The van der Waals surface area contributed by atoms with E-state index < -0.39 is 0 Å². The molecule has 0 spiro atoms. The average Bonchev–Trinajstić information content (AvgIpc) is 2.99. The third-order valence-corrected chi connectivity index (χ3v) is 3.76. The number of thiophene rings is 1. The van der Waals surface area contributed by atoms with E-state index in [1.54, 1.807) is 29.8 Å². The number of anilines is 1. The molecule has 0 aliphatic carbocycles. The number of nitrogen functional groups attached to an aromatic ring is 1. The zero-order chi connectivity index (χ0) is 12.5. The maximum Gasteiger partial charge on any atom is 0.176 e. The summed E-state index contributed by atoms with van der Waals surface area (Å²) >= 11 is 1.68. The zero-order valence-corrected chi connectivity index (χ0v) is 10.6. The third kappa shape index (κ3) is 1.89. The molecule has 0 aliphatic rings. The van der Waals surface area contributed by atoms with Crippen molar-refractivity contribution in [3.63, 3.8) is 0 Å². The van der Waals surface area contributed by atoms with Crippen LogP contribution in [0.4, 0.5) is 5.82 Å². The molecule has 3 aromatic rings. The maximum atomic E-state index is 5.59. The van der Waals surface area contributed by atoms with Crippen molar-refractivity contribution in [2.75, 3.05) is 5.73 Å². The lowest BCUT2D eigenvalue weighted by atomic mass is 10.1. The Morgan fingerprint density at radius 3 is 2.83 bits per heavy atom. The van der Waals surface area contributed by atoms with Gasteiger partial charge < -0.3 is 10.3 Å². The number of aryl methyl sites for hydroxylation is 1. The van der Waals surface area contributed by atoms with Gasteiger partial charge in [0.15, 0.2) is 5.76 Å². The Morgan fingerprint density at radius 1 is 1.28 bits per heavy atom. The Labute approximate surface area is 108 Å². The smallest absolute Gasteiger partial charge is 0.176 e. The van der Waals surface area contributed by atoms with E-state index in [1.165, 1.54) is 4.88 Å². The Kier molecular flexibility index (Phi) is 2.60. The number of aromatic nitrogens is 2. The van der Waals surface area contributed by atoms with Gasteiger partial charge in [-0.1, -0.05) is 5.16 Å². The highest BCUT2D eigenvalue weighted by atomic mass is 32.1. The highest BCUT2D eigenvalue weighted by Crippen LogP contribution is 2.36. The first kappa shape index (κ1) is 11.0. The highest BCUT2D eigenvalue weighted by molar-refractivity contribution is 7.15. The molecule has 3 aromatic heterocycles. The van der Waals surface area contributed by atoms with Gasteiger partial charge in [-0.3, -0.25) is 0 Å². The minimum absolute atomic E-state index is 0.530. The van der Waals surface area contributed by atoms with Crippen LogP contribution < -0.4 is 5.73 Å². The monoisotopic (exact) mass is 257 g/mol. The van der Waals surface area contributed by atoms with Crippen LogP contribution in [0.5, 0.6) is 0 Å². The van der Waals surface area contributed by atoms with Crippen LogP contribution in [0.15, 0.2) is 41.2 Å². The van der Waals surface area contributed by atoms with Gasteiger partial charge in [-0.05, 0) is 30.7 Å². The molecular weight excluding hydrogens is 246 g/mol. The Balaban J connectivity index is 2.06. The average molecular weight is 257 g/mol. The van der Waals surface area contributed by atoms with Crippen molar-refractivity contribution in [1.29, 1.82) is 0 Å². The summed E-state index contributed by atoms with van der Waals surface area (Å²) < 4.78 is 5.17. The van der Waals surface area contributed by atoms with E-state index in [1.807, 2.05) is 12.1 Å². The number of nitrogens with two attached hydrogens (primary N) is 1. The van der Waals surface area contributed by atoms with E-state index in [2.05, 4.69) is 23.1 Å². The number of rotatable bonds is 2. The molecule has 0 aliphatic heterocycles. The lowest BCUT2D eigenvalue weighted by Gasteiger charge is -1.99. The number of pyridine rings is 1. The van der Waals surface area contributed by atoms with Crippen molar-refractivity contribution in [3.8, 4) is 21.8 Å². The molecule has 4 nitrogen and oxygen atoms in total. The molecular formula is C13H11N3OS. The second-order valence-electron chi connectivity index (χ2n) is 3.93. The van der Waals surface area contributed by atoms with Crippen molar-refractivity contribution in [3.05, 3.63) is 41.5 Å². The highest BCUT2D eigenvalue weighted by Gasteiger charge is 2.11. The molecule has 5 heteroatoms. The molecule has 0 aromatic carbocycles. The van der Waals surface area contributed by atoms with Crippen molar-refractivity contribution >= 4 is 17.2 Å². The van der Waals surface area contributed by atoms with Gasteiger partial charge in [-0.15, -0.1) is 11.3 Å². The van der Waals surface area contributed by atoms with E-state index in [-0.39, 0.29) is 0 Å². The van der Waals surface area contributed by atoms with Gasteiger partial charge in [0.05, 0.1) is 11.1 Å². The van der Waals surface area contributed by atoms with Gasteiger partial charge in [-0.2, -0.15) is 0 Å². The van der Waals surface area contributed by atoms with Gasteiger partial charge in [0, 0.05) is 22.7 Å². The van der Waals surface area contributed by atoms with Crippen molar-refractivity contribution < 1.29 is 4.52 Å². The van der Waals surface area contributed by atoms with E-state index in [9.17, 15) is 0 Å². The fraction of sp³-hybridized carbons (Fsp3) is 0.0769. The largest absolute Gasteiger partial charge is 0.384 e. The Morgan fingerprint density at radius 2 is 2.17 bits per heavy atom. The van der Waals surface area contributed by atoms with Crippen LogP contribution in [0.2, 0.25) is 0 Å². The van der Waals surface area contributed by atoms with Crippen LogP contribution in [0.3, 0.4) is 0 Å². The second-order valence-corrected chi connectivity index (χ2v) is 5.19. The third-order valence-electron chi connectivity index (χ3n) is 2.70. The van der Waals surface area contributed by atoms with Crippen LogP contribution in [-0.4, -0.2) is 10.1 Å². The minimum atomic E-state index is 0.530. The molecule has 0 atom stereocenters. The number of nitrogens with zero attached hydrogens (tertiary/aromatic N) is 2. The molecule has 2 N–H and O–H groups in total. The summed E-state index contributed by atoms with van der Waals surface area (Å²) in [6.07, 6.45) is 3.43. The summed E-state index contributed by atoms with van der Waals surface area (Å²) in [5.41, 5.74) is 7.80. The summed E-state index contributed by atoms with van der Waals surface area (Å²) in [6, 6.07) is 7.73. The number of hydrogen-bond acceptors (Lipinski definition) is 5. The topological polar surface area (TPSA) is 64.9 Å². The summed E-state index contributed by atoms with van der Waals surface area (Å²) in [7, 11) is 0. The molecule has 90 valence electrons. The molecule has 0 saturated heterocycles. The molecule has 3 rings (SSSR count). The fourth-order valence-electron chi connectivity index (χ4n) is 1.80. The predicted molar refractivity (Wildman–Crippen MR) is 72.2 cm³/mol. The molecule has 18 heavy (non-hydrogen) atoms. The molecule has 0 saturated carbocycles. The van der Waals surface area contributed by atoms with Gasteiger partial charge in [0.2, 0.25) is 0 Å². The number of hydrogen-bond donors (Lipinski definition) is 1. The van der Waals surface area contributed by atoms with Crippen molar-refractivity contribution in [2.24, 2.45) is 0 Å². The van der Waals surface area contributed by atoms with Gasteiger partial charge in [-0.25, -0.2) is 4.98 Å². The van der Waals surface area contributed by atoms with Gasteiger partial charge in [0.1, 0.15) is 5.82 Å². The minimum Gasteiger partial charge on any atom is -0.384 e. The molecule has 0 amide bonds. The van der Waals surface area contributed by atoms with Gasteiger partial charge >= 0.3 is 0 Å². The van der Waals surface area contributed by atoms with E-state index in [4.69, 9.17) is 10.3 Å². The lowest BCUT2D eigenvalue weighted by molar-refractivity contribution is 0.433. The Bertz CT molecular complexity index is 656. The fourth-order valence-corrected chi connectivity index (χ4v) is 2.80. The summed E-state index contributed by atoms with van der Waals surface area (Å²) in [6.45, 7) is 2.08. The SMILES string of the molecule is Cc1sc(-c2ccno2)cc1-c1ccc(N)nc1. The van der Waals surface area contributed by atoms with Crippen molar-refractivity contribution in [1.82, 2.24) is 10.1 Å². The first-order valence-electron chi connectivity index (χ1n) is 5.47. The molecule has 0 fully saturated rings. The second kappa shape index (κ2) is 4.27. The van der Waals surface area contributed by atoms with Crippen LogP contribution >= 0.6 is 11.3 Å². The molecule has 0 bridgehead atoms. The standard InChI is InChI=1S/C13H11N3OS/c1-8-10(9-2-3-13(14)15-7-9)6-12(18-8)11-4-5-16-17-11/h2-7H,1H3,(H2,14,15). The first-order valence-corrected chi connectivity index (χ1v) is 6.29. The summed E-state index contributed by atoms with van der Waals surface area (Å²) in [5.74, 6) is 1.32. The zero-order valence-electron chi connectivity index (χ0n) is 9.75. The lowest BCUT2D eigenvalue weighted by Crippen LogP contribution is -1.88. The molecule has 3 heterocycles. The van der Waals surface area contributed by atoms with Crippen LogP contribution in [0.25, 0.3) is 21.8 Å². The predicted octanol–water partition coefficient (Wildman–Crippen LogP) is 3.36. The quantitative estimate of drug-likeness (QED) is 0.764. The molecule has 0 radical (unpaired) electrons. The van der Waals surface area contributed by atoms with Crippen LogP contribution in [0, 0.1) is 6.92 Å². The maximum absolute atomic E-state index is 5.59. The Hall–Kier alpha value is -2.14. The van der Waals surface area contributed by atoms with Gasteiger partial charge in [0.25, 0.3) is 0 Å². The van der Waals surface area contributed by atoms with Crippen molar-refractivity contribution in [2.45, 2.75) is 6.92 Å². The van der Waals surface area contributed by atoms with E-state index >= 15 is 0 Å². The normalized spacial score (nSPS) is 10.7. The summed E-state index contributed by atoms with van der Waals surface area (Å²) in [4.78, 5) is 6.40. The van der Waals surface area contributed by atoms with E-state index in [0.717, 1.165) is 21.8 Å².